The van der Waals surface area contributed by atoms with Crippen LogP contribution in [0.1, 0.15) is 5.01 Å². The van der Waals surface area contributed by atoms with Crippen LogP contribution in [0.4, 0.5) is 5.69 Å². The Morgan fingerprint density at radius 2 is 1.78 bits per heavy atom. The minimum absolute atomic E-state index is 1.03. The lowest BCUT2D eigenvalue weighted by molar-refractivity contribution is 1.46. The predicted octanol–water partition coefficient (Wildman–Crippen LogP) is 5.92. The Kier molecular flexibility index (Phi) is 4.01. The van der Waals surface area contributed by atoms with E-state index in [1.165, 1.54) is 15.3 Å². The van der Waals surface area contributed by atoms with Gasteiger partial charge in [-0.3, -0.25) is 0 Å². The zero-order valence-electron chi connectivity index (χ0n) is 12.3. The topological polar surface area (TPSA) is 24.9 Å². The van der Waals surface area contributed by atoms with E-state index in [4.69, 9.17) is 0 Å². The Labute approximate surface area is 143 Å². The number of allylic oxidation sites excluding steroid dienone is 4. The van der Waals surface area contributed by atoms with Crippen molar-refractivity contribution in [1.29, 1.82) is 0 Å². The number of aromatic nitrogens is 1. The fourth-order valence-corrected chi connectivity index (χ4v) is 4.12. The number of hydrogen-bond acceptors (Lipinski definition) is 4. The highest BCUT2D eigenvalue weighted by atomic mass is 32.2. The van der Waals surface area contributed by atoms with Crippen molar-refractivity contribution in [3.63, 3.8) is 0 Å². The molecule has 1 aliphatic rings. The van der Waals surface area contributed by atoms with Gasteiger partial charge in [-0.1, -0.05) is 54.3 Å². The lowest BCUT2D eigenvalue weighted by Gasteiger charge is -1.95. The van der Waals surface area contributed by atoms with Crippen molar-refractivity contribution in [1.82, 2.24) is 4.98 Å². The molecule has 1 N–H and O–H groups in total. The predicted molar refractivity (Wildman–Crippen MR) is 102 cm³/mol. The Balaban J connectivity index is 1.41. The molecule has 4 heteroatoms. The molecule has 0 radical (unpaired) electrons. The van der Waals surface area contributed by atoms with E-state index in [0.717, 1.165) is 15.6 Å². The number of thioether (sulfide) groups is 1. The third-order valence-electron chi connectivity index (χ3n) is 3.38. The van der Waals surface area contributed by atoms with Gasteiger partial charge in [0.05, 0.1) is 20.9 Å². The van der Waals surface area contributed by atoms with Gasteiger partial charge in [-0.05, 0) is 36.4 Å². The van der Waals surface area contributed by atoms with Crippen LogP contribution in [0, 0.1) is 0 Å². The molecular weight excluding hydrogens is 320 g/mol. The Hall–Kier alpha value is -2.30. The summed E-state index contributed by atoms with van der Waals surface area (Å²) in [5.74, 6) is 0. The number of anilines is 1. The van der Waals surface area contributed by atoms with Crippen molar-refractivity contribution in [2.45, 2.75) is 4.90 Å². The van der Waals surface area contributed by atoms with Crippen molar-refractivity contribution in [2.24, 2.45) is 0 Å². The summed E-state index contributed by atoms with van der Waals surface area (Å²) in [7, 11) is 0. The smallest absolute Gasteiger partial charge is 0.117 e. The number of fused-ring (bicyclic) bond motifs is 2. The first-order valence-corrected chi connectivity index (χ1v) is 8.96. The molecule has 0 unspecified atom stereocenters. The van der Waals surface area contributed by atoms with E-state index < -0.39 is 0 Å². The standard InChI is InChI=1S/C19H14N2S2/c1(2-12-18-20-14-8-4-6-10-16(14)22-18)3-13-19-21-15-9-5-7-11-17(15)23-19/h1-13,20H. The summed E-state index contributed by atoms with van der Waals surface area (Å²) in [5, 5.41) is 5.58. The second-order valence-corrected chi connectivity index (χ2v) is 7.16. The van der Waals surface area contributed by atoms with E-state index in [-0.39, 0.29) is 0 Å². The van der Waals surface area contributed by atoms with Crippen molar-refractivity contribution < 1.29 is 0 Å². The van der Waals surface area contributed by atoms with Gasteiger partial charge in [-0.25, -0.2) is 4.98 Å². The minimum atomic E-state index is 1.03. The first-order valence-electron chi connectivity index (χ1n) is 7.33. The molecule has 1 aliphatic heterocycles. The summed E-state index contributed by atoms with van der Waals surface area (Å²) >= 11 is 3.47. The van der Waals surface area contributed by atoms with Gasteiger partial charge in [0.1, 0.15) is 5.01 Å². The zero-order chi connectivity index (χ0) is 15.5. The molecule has 0 bridgehead atoms. The monoisotopic (exact) mass is 334 g/mol. The SMILES string of the molecule is C(=CC=C1Nc2ccccc2S1)C=Cc1nc2ccccc2s1. The molecule has 2 aromatic carbocycles. The molecule has 3 aromatic rings. The molecule has 4 rings (SSSR count). The third kappa shape index (κ3) is 3.23. The number of hydrogen-bond donors (Lipinski definition) is 1. The van der Waals surface area contributed by atoms with Gasteiger partial charge < -0.3 is 5.32 Å². The summed E-state index contributed by atoms with van der Waals surface area (Å²) in [6, 6.07) is 16.6. The van der Waals surface area contributed by atoms with Gasteiger partial charge in [0.2, 0.25) is 0 Å². The van der Waals surface area contributed by atoms with Crippen LogP contribution in [0.15, 0.2) is 82.8 Å². The molecule has 0 amide bonds. The fourth-order valence-electron chi connectivity index (χ4n) is 2.32. The average molecular weight is 334 g/mol. The van der Waals surface area contributed by atoms with Crippen LogP contribution >= 0.6 is 23.1 Å². The lowest BCUT2D eigenvalue weighted by atomic mass is 10.3. The number of thiazole rings is 1. The van der Waals surface area contributed by atoms with E-state index >= 15 is 0 Å². The molecule has 0 aliphatic carbocycles. The summed E-state index contributed by atoms with van der Waals surface area (Å²) < 4.78 is 1.22. The number of benzene rings is 2. The number of para-hydroxylation sites is 2. The normalized spacial score (nSPS) is 15.7. The van der Waals surface area contributed by atoms with Crippen molar-refractivity contribution >= 4 is 45.1 Å². The number of rotatable bonds is 3. The quantitative estimate of drug-likeness (QED) is 0.601. The Morgan fingerprint density at radius 1 is 0.913 bits per heavy atom. The van der Waals surface area contributed by atoms with Gasteiger partial charge in [0.25, 0.3) is 0 Å². The van der Waals surface area contributed by atoms with Crippen LogP contribution in [0.3, 0.4) is 0 Å². The average Bonchev–Trinajstić information content (AvgIpc) is 3.17. The zero-order valence-corrected chi connectivity index (χ0v) is 13.9. The lowest BCUT2D eigenvalue weighted by Crippen LogP contribution is -1.86. The molecule has 2 heterocycles. The van der Waals surface area contributed by atoms with Crippen LogP contribution in [-0.2, 0) is 0 Å². The van der Waals surface area contributed by atoms with E-state index in [1.54, 1.807) is 23.1 Å². The van der Waals surface area contributed by atoms with Gasteiger partial charge >= 0.3 is 0 Å². The Morgan fingerprint density at radius 3 is 2.70 bits per heavy atom. The van der Waals surface area contributed by atoms with Crippen LogP contribution in [0.5, 0.6) is 0 Å². The molecule has 0 saturated carbocycles. The van der Waals surface area contributed by atoms with Gasteiger partial charge in [-0.15, -0.1) is 11.3 Å². The van der Waals surface area contributed by atoms with Crippen LogP contribution in [0.25, 0.3) is 16.3 Å². The van der Waals surface area contributed by atoms with Crippen molar-refractivity contribution in [2.75, 3.05) is 5.32 Å². The molecule has 1 aromatic heterocycles. The van der Waals surface area contributed by atoms with Crippen LogP contribution < -0.4 is 5.32 Å². The molecule has 112 valence electrons. The first kappa shape index (κ1) is 14.3. The Bertz CT molecular complexity index is 875. The molecule has 0 atom stereocenters. The summed E-state index contributed by atoms with van der Waals surface area (Å²) in [6.45, 7) is 0. The van der Waals surface area contributed by atoms with Crippen LogP contribution in [0.2, 0.25) is 0 Å². The minimum Gasteiger partial charge on any atom is -0.349 e. The second-order valence-electron chi connectivity index (χ2n) is 5.02. The van der Waals surface area contributed by atoms with E-state index in [9.17, 15) is 0 Å². The van der Waals surface area contributed by atoms with Gasteiger partial charge in [0.15, 0.2) is 0 Å². The molecule has 0 saturated heterocycles. The summed E-state index contributed by atoms with van der Waals surface area (Å²) in [5.41, 5.74) is 2.25. The van der Waals surface area contributed by atoms with E-state index in [0.29, 0.717) is 0 Å². The third-order valence-corrected chi connectivity index (χ3v) is 5.42. The fraction of sp³-hybridized carbons (Fsp3) is 0. The molecule has 23 heavy (non-hydrogen) atoms. The van der Waals surface area contributed by atoms with Crippen LogP contribution in [-0.4, -0.2) is 4.98 Å². The van der Waals surface area contributed by atoms with Crippen molar-refractivity contribution in [3.05, 3.63) is 82.9 Å². The van der Waals surface area contributed by atoms with Gasteiger partial charge in [-0.2, -0.15) is 0 Å². The molecular formula is C19H14N2S2. The highest BCUT2D eigenvalue weighted by Crippen LogP contribution is 2.40. The summed E-state index contributed by atoms with van der Waals surface area (Å²) in [4.78, 5) is 5.86. The highest BCUT2D eigenvalue weighted by Gasteiger charge is 2.13. The van der Waals surface area contributed by atoms with E-state index in [1.807, 2.05) is 48.6 Å². The maximum Gasteiger partial charge on any atom is 0.117 e. The first-order chi connectivity index (χ1) is 11.4. The van der Waals surface area contributed by atoms with E-state index in [2.05, 4.69) is 40.6 Å². The summed E-state index contributed by atoms with van der Waals surface area (Å²) in [6.07, 6.45) is 10.2. The maximum absolute atomic E-state index is 4.58. The van der Waals surface area contributed by atoms with Crippen molar-refractivity contribution in [3.8, 4) is 0 Å². The second kappa shape index (κ2) is 6.44. The molecule has 0 fully saturated rings. The number of nitrogens with one attached hydrogen (secondary N) is 1. The highest BCUT2D eigenvalue weighted by molar-refractivity contribution is 8.03. The molecule has 0 spiro atoms. The largest absolute Gasteiger partial charge is 0.349 e. The molecule has 2 nitrogen and oxygen atoms in total. The number of nitrogens with zero attached hydrogens (tertiary/aromatic N) is 1. The van der Waals surface area contributed by atoms with Gasteiger partial charge in [0, 0.05) is 4.90 Å². The maximum atomic E-state index is 4.58.